The van der Waals surface area contributed by atoms with Crippen molar-refractivity contribution in [2.45, 2.75) is 0 Å². The summed E-state index contributed by atoms with van der Waals surface area (Å²) in [6.45, 7) is 0. The lowest BCUT2D eigenvalue weighted by atomic mass is 9.95. The molecule has 11 rings (SSSR count). The molecule has 0 aliphatic carbocycles. The van der Waals surface area contributed by atoms with Gasteiger partial charge in [-0.25, -0.2) is 9.97 Å². The third-order valence-corrected chi connectivity index (χ3v) is 11.6. The molecule has 0 fully saturated rings. The fraction of sp³-hybridized carbons (Fsp3) is 0. The fourth-order valence-electron chi connectivity index (χ4n) is 8.57. The van der Waals surface area contributed by atoms with E-state index in [0.29, 0.717) is 5.82 Å². The molecule has 2 heterocycles. The van der Waals surface area contributed by atoms with Gasteiger partial charge in [0.15, 0.2) is 5.82 Å². The summed E-state index contributed by atoms with van der Waals surface area (Å²) in [5.41, 5.74) is 17.6. The molecule has 11 aromatic rings. The van der Waals surface area contributed by atoms with E-state index in [1.807, 2.05) is 0 Å². The number of hydrogen-bond donors (Lipinski definition) is 0. The maximum Gasteiger partial charge on any atom is 0.160 e. The summed E-state index contributed by atoms with van der Waals surface area (Å²) in [7, 11) is 0. The molecular formula is C58H39N3. The van der Waals surface area contributed by atoms with Crippen LogP contribution in [0.2, 0.25) is 0 Å². The second kappa shape index (κ2) is 15.6. The maximum absolute atomic E-state index is 5.30. The van der Waals surface area contributed by atoms with E-state index in [1.54, 1.807) is 0 Å². The van der Waals surface area contributed by atoms with E-state index in [9.17, 15) is 0 Å². The molecule has 0 radical (unpaired) electrons. The minimum absolute atomic E-state index is 0.676. The smallest absolute Gasteiger partial charge is 0.160 e. The number of rotatable bonds is 8. The van der Waals surface area contributed by atoms with Crippen molar-refractivity contribution in [3.05, 3.63) is 237 Å². The summed E-state index contributed by atoms with van der Waals surface area (Å²) in [5, 5.41) is 2.46. The first-order valence-electron chi connectivity index (χ1n) is 20.7. The molecule has 2 aromatic heterocycles. The summed E-state index contributed by atoms with van der Waals surface area (Å²) in [5.74, 6) is 0.676. The zero-order valence-corrected chi connectivity index (χ0v) is 33.4. The highest BCUT2D eigenvalue weighted by atomic mass is 15.0. The first kappa shape index (κ1) is 36.0. The van der Waals surface area contributed by atoms with Crippen LogP contribution in [0.5, 0.6) is 0 Å². The Hall–Kier alpha value is -8.14. The molecule has 0 spiro atoms. The number of para-hydroxylation sites is 2. The van der Waals surface area contributed by atoms with Gasteiger partial charge in [-0.15, -0.1) is 0 Å². The predicted molar refractivity (Wildman–Crippen MR) is 254 cm³/mol. The van der Waals surface area contributed by atoms with Crippen molar-refractivity contribution in [1.82, 2.24) is 14.5 Å². The van der Waals surface area contributed by atoms with Crippen LogP contribution in [-0.4, -0.2) is 14.5 Å². The van der Waals surface area contributed by atoms with Crippen molar-refractivity contribution in [3.63, 3.8) is 0 Å². The molecule has 0 aliphatic rings. The van der Waals surface area contributed by atoms with E-state index in [-0.39, 0.29) is 0 Å². The Morgan fingerprint density at radius 1 is 0.246 bits per heavy atom. The lowest BCUT2D eigenvalue weighted by Crippen LogP contribution is -1.98. The molecule has 0 atom stereocenters. The van der Waals surface area contributed by atoms with Gasteiger partial charge in [0.1, 0.15) is 0 Å². The lowest BCUT2D eigenvalue weighted by molar-refractivity contribution is 1.16. The fourth-order valence-corrected chi connectivity index (χ4v) is 8.57. The highest BCUT2D eigenvalue weighted by molar-refractivity contribution is 6.09. The number of nitrogens with zero attached hydrogens (tertiary/aromatic N) is 3. The average molecular weight is 778 g/mol. The van der Waals surface area contributed by atoms with Crippen LogP contribution in [0.4, 0.5) is 0 Å². The van der Waals surface area contributed by atoms with Crippen LogP contribution < -0.4 is 0 Å². The highest BCUT2D eigenvalue weighted by Crippen LogP contribution is 2.36. The summed E-state index contributed by atoms with van der Waals surface area (Å²) >= 11 is 0. The van der Waals surface area contributed by atoms with Gasteiger partial charge in [0, 0.05) is 33.2 Å². The first-order valence-corrected chi connectivity index (χ1v) is 20.7. The van der Waals surface area contributed by atoms with Crippen LogP contribution in [0.25, 0.3) is 106 Å². The Morgan fingerprint density at radius 2 is 0.623 bits per heavy atom. The van der Waals surface area contributed by atoms with Crippen molar-refractivity contribution < 1.29 is 0 Å². The third-order valence-electron chi connectivity index (χ3n) is 11.6. The van der Waals surface area contributed by atoms with Crippen molar-refractivity contribution in [3.8, 4) is 84.1 Å². The Morgan fingerprint density at radius 3 is 1.18 bits per heavy atom. The van der Waals surface area contributed by atoms with E-state index in [2.05, 4.69) is 241 Å². The first-order chi connectivity index (χ1) is 30.2. The van der Waals surface area contributed by atoms with Crippen LogP contribution in [0.15, 0.2) is 237 Å². The number of aromatic nitrogens is 3. The zero-order valence-electron chi connectivity index (χ0n) is 33.4. The lowest BCUT2D eigenvalue weighted by Gasteiger charge is -2.13. The van der Waals surface area contributed by atoms with Gasteiger partial charge in [0.2, 0.25) is 0 Å². The summed E-state index contributed by atoms with van der Waals surface area (Å²) in [6, 6.07) is 84.0. The molecule has 0 N–H and O–H groups in total. The quantitative estimate of drug-likeness (QED) is 0.154. The zero-order chi connectivity index (χ0) is 40.5. The monoisotopic (exact) mass is 777 g/mol. The Labute approximate surface area is 355 Å². The van der Waals surface area contributed by atoms with Gasteiger partial charge in [0.05, 0.1) is 22.4 Å². The third kappa shape index (κ3) is 6.98. The molecule has 286 valence electrons. The molecule has 0 unspecified atom stereocenters. The molecule has 0 saturated carbocycles. The molecule has 3 heteroatoms. The van der Waals surface area contributed by atoms with Crippen LogP contribution in [0.3, 0.4) is 0 Å². The number of benzene rings is 9. The van der Waals surface area contributed by atoms with Gasteiger partial charge in [0.25, 0.3) is 0 Å². The van der Waals surface area contributed by atoms with Gasteiger partial charge >= 0.3 is 0 Å². The van der Waals surface area contributed by atoms with Gasteiger partial charge in [-0.2, -0.15) is 0 Å². The molecular weight excluding hydrogens is 739 g/mol. The number of hydrogen-bond acceptors (Lipinski definition) is 2. The molecule has 0 saturated heterocycles. The minimum Gasteiger partial charge on any atom is -0.309 e. The Kier molecular flexibility index (Phi) is 9.18. The van der Waals surface area contributed by atoms with Gasteiger partial charge in [-0.05, 0) is 93.0 Å². The standard InChI is InChI=1S/C58H39N3/c1-3-15-40(16-4-1)44-19-11-22-47(35-44)48-23-12-20-45(36-48)42-31-33-43(34-32-42)54-39-55(49-24-13-21-46(37-49)41-17-5-2-6-18-41)60-58(59-54)50-25-14-26-51(38-50)61-56-29-9-7-27-52(56)53-28-8-10-30-57(53)61/h1-39H. The number of fused-ring (bicyclic) bond motifs is 3. The largest absolute Gasteiger partial charge is 0.309 e. The summed E-state index contributed by atoms with van der Waals surface area (Å²) < 4.78 is 2.34. The summed E-state index contributed by atoms with van der Waals surface area (Å²) in [6.07, 6.45) is 0. The van der Waals surface area contributed by atoms with Crippen LogP contribution >= 0.6 is 0 Å². The maximum atomic E-state index is 5.30. The second-order valence-corrected chi connectivity index (χ2v) is 15.4. The topological polar surface area (TPSA) is 30.7 Å². The summed E-state index contributed by atoms with van der Waals surface area (Å²) in [4.78, 5) is 10.6. The van der Waals surface area contributed by atoms with Crippen molar-refractivity contribution in [1.29, 1.82) is 0 Å². The highest BCUT2D eigenvalue weighted by Gasteiger charge is 2.16. The van der Waals surface area contributed by atoms with Crippen LogP contribution in [-0.2, 0) is 0 Å². The average Bonchev–Trinajstić information content (AvgIpc) is 3.69. The Balaban J connectivity index is 0.992. The molecule has 0 amide bonds. The van der Waals surface area contributed by atoms with E-state index in [1.165, 1.54) is 49.6 Å². The Bertz CT molecular complexity index is 3290. The van der Waals surface area contributed by atoms with Crippen molar-refractivity contribution in [2.24, 2.45) is 0 Å². The molecule has 0 aliphatic heterocycles. The molecule has 61 heavy (non-hydrogen) atoms. The van der Waals surface area contributed by atoms with E-state index in [4.69, 9.17) is 9.97 Å². The van der Waals surface area contributed by atoms with E-state index in [0.717, 1.165) is 50.5 Å². The molecule has 9 aromatic carbocycles. The molecule has 0 bridgehead atoms. The van der Waals surface area contributed by atoms with Gasteiger partial charge < -0.3 is 4.57 Å². The molecule has 3 nitrogen and oxygen atoms in total. The van der Waals surface area contributed by atoms with E-state index >= 15 is 0 Å². The van der Waals surface area contributed by atoms with Crippen LogP contribution in [0.1, 0.15) is 0 Å². The minimum atomic E-state index is 0.676. The van der Waals surface area contributed by atoms with Gasteiger partial charge in [-0.3, -0.25) is 0 Å². The van der Waals surface area contributed by atoms with Crippen molar-refractivity contribution in [2.75, 3.05) is 0 Å². The SMILES string of the molecule is c1ccc(-c2cccc(-c3cccc(-c4ccc(-c5cc(-c6cccc(-c7ccccc7)c6)nc(-c6cccc(-n7c8ccccc8c8ccccc87)c6)n5)cc4)c3)c2)cc1. The second-order valence-electron chi connectivity index (χ2n) is 15.4. The van der Waals surface area contributed by atoms with Gasteiger partial charge in [-0.1, -0.05) is 188 Å². The normalized spacial score (nSPS) is 11.3. The van der Waals surface area contributed by atoms with Crippen molar-refractivity contribution >= 4 is 21.8 Å². The van der Waals surface area contributed by atoms with E-state index < -0.39 is 0 Å². The van der Waals surface area contributed by atoms with Crippen LogP contribution in [0, 0.1) is 0 Å². The predicted octanol–water partition coefficient (Wildman–Crippen LogP) is 15.2.